The number of aromatic nitrogens is 1. The molecule has 1 aromatic carbocycles. The molecule has 0 fully saturated rings. The maximum Gasteiger partial charge on any atom is 0.253 e. The lowest BCUT2D eigenvalue weighted by Crippen LogP contribution is -2.33. The largest absolute Gasteiger partial charge is 0.388 e. The third-order valence-corrected chi connectivity index (χ3v) is 3.34. The van der Waals surface area contributed by atoms with Crippen LogP contribution in [0.25, 0.3) is 0 Å². The van der Waals surface area contributed by atoms with Gasteiger partial charge < -0.3 is 15.4 Å². The first-order valence-corrected chi connectivity index (χ1v) is 6.75. The first-order chi connectivity index (χ1) is 9.58. The number of aliphatic hydroxyl groups excluding tert-OH is 1. The molecule has 20 heavy (non-hydrogen) atoms. The molecule has 0 radical (unpaired) electrons. The lowest BCUT2D eigenvalue weighted by Gasteiger charge is -2.18. The van der Waals surface area contributed by atoms with Gasteiger partial charge in [-0.25, -0.2) is 0 Å². The summed E-state index contributed by atoms with van der Waals surface area (Å²) in [5.41, 5.74) is 2.36. The molecule has 0 unspecified atom stereocenters. The Balaban J connectivity index is 1.91. The highest BCUT2D eigenvalue weighted by molar-refractivity contribution is 5.95. The van der Waals surface area contributed by atoms with Gasteiger partial charge in [-0.1, -0.05) is 30.3 Å². The molecule has 0 bridgehead atoms. The van der Waals surface area contributed by atoms with Gasteiger partial charge in [-0.2, -0.15) is 0 Å². The third kappa shape index (κ3) is 3.48. The second kappa shape index (κ2) is 6.39. The Bertz CT molecular complexity index is 563. The van der Waals surface area contributed by atoms with Crippen LogP contribution in [-0.4, -0.2) is 22.0 Å². The van der Waals surface area contributed by atoms with E-state index in [2.05, 4.69) is 10.3 Å². The molecule has 0 spiro atoms. The quantitative estimate of drug-likeness (QED) is 0.783. The van der Waals surface area contributed by atoms with Crippen LogP contribution < -0.4 is 5.32 Å². The van der Waals surface area contributed by atoms with Crippen LogP contribution in [0.1, 0.15) is 41.1 Å². The van der Waals surface area contributed by atoms with E-state index in [4.69, 9.17) is 0 Å². The van der Waals surface area contributed by atoms with Gasteiger partial charge >= 0.3 is 0 Å². The molecule has 0 aliphatic rings. The van der Waals surface area contributed by atoms with E-state index in [0.717, 1.165) is 11.3 Å². The summed E-state index contributed by atoms with van der Waals surface area (Å²) in [6.07, 6.45) is 1.66. The molecule has 4 nitrogen and oxygen atoms in total. The van der Waals surface area contributed by atoms with Crippen LogP contribution in [0.4, 0.5) is 0 Å². The fourth-order valence-corrected chi connectivity index (χ4v) is 2.21. The van der Waals surface area contributed by atoms with Crippen molar-refractivity contribution in [1.29, 1.82) is 0 Å². The zero-order chi connectivity index (χ0) is 14.5. The summed E-state index contributed by atoms with van der Waals surface area (Å²) in [6, 6.07) is 11.1. The molecule has 4 heteroatoms. The van der Waals surface area contributed by atoms with E-state index in [9.17, 15) is 9.90 Å². The van der Waals surface area contributed by atoms with Crippen LogP contribution in [0.3, 0.4) is 0 Å². The zero-order valence-electron chi connectivity index (χ0n) is 11.8. The average molecular weight is 272 g/mol. The SMILES string of the molecule is Cc1[nH]ccc1C(=O)N[C@H](C)C[C@H](O)c1ccccc1. The predicted octanol–water partition coefficient (Wildman–Crippen LogP) is 2.57. The van der Waals surface area contributed by atoms with Gasteiger partial charge in [0.05, 0.1) is 11.7 Å². The molecular formula is C16H20N2O2. The summed E-state index contributed by atoms with van der Waals surface area (Å²) in [5.74, 6) is -0.114. The summed E-state index contributed by atoms with van der Waals surface area (Å²) >= 11 is 0. The van der Waals surface area contributed by atoms with Crippen molar-refractivity contribution in [1.82, 2.24) is 10.3 Å². The van der Waals surface area contributed by atoms with Crippen molar-refractivity contribution in [2.24, 2.45) is 0 Å². The van der Waals surface area contributed by atoms with Gasteiger partial charge in [-0.15, -0.1) is 0 Å². The fraction of sp³-hybridized carbons (Fsp3) is 0.312. The standard InChI is InChI=1S/C16H20N2O2/c1-11(10-15(19)13-6-4-3-5-7-13)18-16(20)14-8-9-17-12(14)2/h3-9,11,15,17,19H,10H2,1-2H3,(H,18,20)/t11-,15+/m1/s1. The summed E-state index contributed by atoms with van der Waals surface area (Å²) < 4.78 is 0. The maximum atomic E-state index is 12.0. The number of carbonyl (C=O) groups excluding carboxylic acids is 1. The molecule has 0 saturated heterocycles. The number of carbonyl (C=O) groups is 1. The minimum atomic E-state index is -0.571. The Hall–Kier alpha value is -2.07. The second-order valence-corrected chi connectivity index (χ2v) is 5.05. The van der Waals surface area contributed by atoms with E-state index in [1.54, 1.807) is 12.3 Å². The summed E-state index contributed by atoms with van der Waals surface area (Å²) in [5, 5.41) is 13.0. The Kier molecular flexibility index (Phi) is 4.58. The Morgan fingerprint density at radius 1 is 1.30 bits per heavy atom. The number of hydrogen-bond donors (Lipinski definition) is 3. The second-order valence-electron chi connectivity index (χ2n) is 5.05. The first kappa shape index (κ1) is 14.3. The molecule has 2 rings (SSSR count). The predicted molar refractivity (Wildman–Crippen MR) is 78.5 cm³/mol. The van der Waals surface area contributed by atoms with Crippen molar-refractivity contribution in [3.05, 3.63) is 59.4 Å². The summed E-state index contributed by atoms with van der Waals surface area (Å²) in [4.78, 5) is 15.0. The molecule has 0 saturated carbocycles. The number of aromatic amines is 1. The van der Waals surface area contributed by atoms with Gasteiger partial charge in [0.15, 0.2) is 0 Å². The molecule has 3 N–H and O–H groups in total. The molecule has 2 atom stereocenters. The van der Waals surface area contributed by atoms with E-state index in [1.165, 1.54) is 0 Å². The van der Waals surface area contributed by atoms with Gasteiger partial charge in [0.25, 0.3) is 5.91 Å². The van der Waals surface area contributed by atoms with Crippen molar-refractivity contribution in [2.75, 3.05) is 0 Å². The van der Waals surface area contributed by atoms with Gasteiger partial charge in [0, 0.05) is 17.9 Å². The van der Waals surface area contributed by atoms with E-state index in [1.807, 2.05) is 44.2 Å². The number of hydrogen-bond acceptors (Lipinski definition) is 2. The van der Waals surface area contributed by atoms with E-state index < -0.39 is 6.10 Å². The van der Waals surface area contributed by atoms with Crippen LogP contribution in [0.2, 0.25) is 0 Å². The molecule has 106 valence electrons. The van der Waals surface area contributed by atoms with Gasteiger partial charge in [-0.3, -0.25) is 4.79 Å². The number of amides is 1. The number of aryl methyl sites for hydroxylation is 1. The van der Waals surface area contributed by atoms with Crippen LogP contribution in [-0.2, 0) is 0 Å². The number of H-pyrrole nitrogens is 1. The normalized spacial score (nSPS) is 13.8. The molecule has 2 aromatic rings. The highest BCUT2D eigenvalue weighted by Crippen LogP contribution is 2.18. The number of aliphatic hydroxyl groups is 1. The third-order valence-electron chi connectivity index (χ3n) is 3.34. The number of rotatable bonds is 5. The van der Waals surface area contributed by atoms with Crippen molar-refractivity contribution in [3.63, 3.8) is 0 Å². The van der Waals surface area contributed by atoms with Crippen LogP contribution in [0.15, 0.2) is 42.6 Å². The van der Waals surface area contributed by atoms with Gasteiger partial charge in [0.2, 0.25) is 0 Å². The topological polar surface area (TPSA) is 65.1 Å². The van der Waals surface area contributed by atoms with Gasteiger partial charge in [-0.05, 0) is 31.9 Å². The molecule has 1 heterocycles. The highest BCUT2D eigenvalue weighted by atomic mass is 16.3. The Morgan fingerprint density at radius 2 is 2.00 bits per heavy atom. The van der Waals surface area contributed by atoms with Crippen molar-refractivity contribution in [3.8, 4) is 0 Å². The van der Waals surface area contributed by atoms with Crippen molar-refractivity contribution < 1.29 is 9.90 Å². The lowest BCUT2D eigenvalue weighted by atomic mass is 10.0. The van der Waals surface area contributed by atoms with E-state index in [0.29, 0.717) is 12.0 Å². The molecule has 1 aromatic heterocycles. The average Bonchev–Trinajstić information content (AvgIpc) is 2.86. The van der Waals surface area contributed by atoms with Gasteiger partial charge in [0.1, 0.15) is 0 Å². The van der Waals surface area contributed by atoms with E-state index in [-0.39, 0.29) is 11.9 Å². The van der Waals surface area contributed by atoms with Crippen molar-refractivity contribution in [2.45, 2.75) is 32.4 Å². The van der Waals surface area contributed by atoms with Crippen LogP contribution in [0.5, 0.6) is 0 Å². The van der Waals surface area contributed by atoms with E-state index >= 15 is 0 Å². The summed E-state index contributed by atoms with van der Waals surface area (Å²) in [6.45, 7) is 3.75. The molecular weight excluding hydrogens is 252 g/mol. The smallest absolute Gasteiger partial charge is 0.253 e. The lowest BCUT2D eigenvalue weighted by molar-refractivity contribution is 0.0916. The van der Waals surface area contributed by atoms with Crippen molar-refractivity contribution >= 4 is 5.91 Å². The molecule has 0 aliphatic heterocycles. The number of benzene rings is 1. The van der Waals surface area contributed by atoms with Crippen LogP contribution >= 0.6 is 0 Å². The Morgan fingerprint density at radius 3 is 2.60 bits per heavy atom. The first-order valence-electron chi connectivity index (χ1n) is 6.75. The molecule has 0 aliphatic carbocycles. The molecule has 1 amide bonds. The summed E-state index contributed by atoms with van der Waals surface area (Å²) in [7, 11) is 0. The minimum absolute atomic E-state index is 0.105. The van der Waals surface area contributed by atoms with Crippen LogP contribution in [0, 0.1) is 6.92 Å². The highest BCUT2D eigenvalue weighted by Gasteiger charge is 2.16. The minimum Gasteiger partial charge on any atom is -0.388 e. The maximum absolute atomic E-state index is 12.0. The number of nitrogens with one attached hydrogen (secondary N) is 2. The monoisotopic (exact) mass is 272 g/mol. The zero-order valence-corrected chi connectivity index (χ0v) is 11.8. The fourth-order valence-electron chi connectivity index (χ4n) is 2.21. The Labute approximate surface area is 118 Å².